The van der Waals surface area contributed by atoms with Gasteiger partial charge in [-0.25, -0.2) is 9.50 Å². The molecule has 0 aliphatic carbocycles. The standard InChI is InChI=1S/C19H19N5OS/c1-13-10-23(11-14(2)25-13)19-17-4-3-9-24(17)22-18(21-19)15-5-7-16(8-6-15)20-12-26/h3-9,13-14H,10-11H2,1-2H3/t13-,14+. The molecule has 0 amide bonds. The fraction of sp³-hybridized carbons (Fsp3) is 0.316. The Bertz CT molecular complexity index is 967. The Balaban J connectivity index is 1.78. The van der Waals surface area contributed by atoms with Gasteiger partial charge in [0.15, 0.2) is 11.6 Å². The van der Waals surface area contributed by atoms with Crippen LogP contribution in [-0.2, 0) is 4.74 Å². The molecule has 26 heavy (non-hydrogen) atoms. The number of benzene rings is 1. The number of morpholine rings is 1. The van der Waals surface area contributed by atoms with Crippen LogP contribution in [0.25, 0.3) is 16.9 Å². The summed E-state index contributed by atoms with van der Waals surface area (Å²) in [6.07, 6.45) is 2.28. The van der Waals surface area contributed by atoms with E-state index in [0.717, 1.165) is 35.7 Å². The second kappa shape index (κ2) is 6.96. The van der Waals surface area contributed by atoms with Gasteiger partial charge in [-0.1, -0.05) is 0 Å². The Morgan fingerprint density at radius 3 is 2.58 bits per heavy atom. The number of nitrogens with zero attached hydrogens (tertiary/aromatic N) is 5. The molecule has 0 spiro atoms. The minimum Gasteiger partial charge on any atom is -0.372 e. The summed E-state index contributed by atoms with van der Waals surface area (Å²) in [7, 11) is 0. The molecule has 1 saturated heterocycles. The number of anilines is 1. The lowest BCUT2D eigenvalue weighted by atomic mass is 10.2. The first-order valence-electron chi connectivity index (χ1n) is 8.58. The number of aromatic nitrogens is 3. The summed E-state index contributed by atoms with van der Waals surface area (Å²) in [4.78, 5) is 11.2. The average Bonchev–Trinajstić information content (AvgIpc) is 3.09. The maximum absolute atomic E-state index is 5.87. The molecule has 0 N–H and O–H groups in total. The number of hydrogen-bond acceptors (Lipinski definition) is 6. The number of ether oxygens (including phenoxy) is 1. The molecule has 0 saturated carbocycles. The fourth-order valence-electron chi connectivity index (χ4n) is 3.36. The van der Waals surface area contributed by atoms with Crippen molar-refractivity contribution in [3.8, 4) is 11.4 Å². The summed E-state index contributed by atoms with van der Waals surface area (Å²) >= 11 is 4.65. The van der Waals surface area contributed by atoms with Crippen molar-refractivity contribution in [2.45, 2.75) is 26.1 Å². The number of fused-ring (bicyclic) bond motifs is 1. The molecule has 0 bridgehead atoms. The molecule has 1 aliphatic heterocycles. The normalized spacial score (nSPS) is 20.2. The highest BCUT2D eigenvalue weighted by molar-refractivity contribution is 7.78. The zero-order valence-electron chi connectivity index (χ0n) is 14.7. The molecule has 0 unspecified atom stereocenters. The van der Waals surface area contributed by atoms with E-state index in [1.165, 1.54) is 0 Å². The van der Waals surface area contributed by atoms with Crippen LogP contribution in [0.3, 0.4) is 0 Å². The van der Waals surface area contributed by atoms with Crippen molar-refractivity contribution < 1.29 is 4.74 Å². The minimum atomic E-state index is 0.166. The molecular weight excluding hydrogens is 346 g/mol. The molecule has 132 valence electrons. The van der Waals surface area contributed by atoms with E-state index < -0.39 is 0 Å². The van der Waals surface area contributed by atoms with E-state index in [-0.39, 0.29) is 12.2 Å². The van der Waals surface area contributed by atoms with E-state index in [1.807, 2.05) is 47.1 Å². The van der Waals surface area contributed by atoms with Crippen LogP contribution in [0, 0.1) is 0 Å². The van der Waals surface area contributed by atoms with Crippen molar-refractivity contribution in [1.82, 2.24) is 14.6 Å². The predicted molar refractivity (Wildman–Crippen MR) is 105 cm³/mol. The first kappa shape index (κ1) is 16.8. The molecule has 0 radical (unpaired) electrons. The third-order valence-electron chi connectivity index (χ3n) is 4.39. The van der Waals surface area contributed by atoms with Gasteiger partial charge in [-0.05, 0) is 62.5 Å². The van der Waals surface area contributed by atoms with Gasteiger partial charge >= 0.3 is 0 Å². The van der Waals surface area contributed by atoms with Crippen LogP contribution in [0.4, 0.5) is 11.5 Å². The molecule has 7 heteroatoms. The summed E-state index contributed by atoms with van der Waals surface area (Å²) in [5.41, 5.74) is 2.69. The Hall–Kier alpha value is -2.60. The summed E-state index contributed by atoms with van der Waals surface area (Å²) in [6.45, 7) is 5.80. The van der Waals surface area contributed by atoms with Crippen LogP contribution in [0.5, 0.6) is 0 Å². The monoisotopic (exact) mass is 365 g/mol. The SMILES string of the molecule is C[C@@H]1CN(c2nc(-c3ccc(N=C=S)cc3)nn3cccc23)C[C@H](C)O1. The van der Waals surface area contributed by atoms with E-state index in [0.29, 0.717) is 5.82 Å². The van der Waals surface area contributed by atoms with Gasteiger partial charge in [-0.15, -0.1) is 5.10 Å². The lowest BCUT2D eigenvalue weighted by Crippen LogP contribution is -2.46. The topological polar surface area (TPSA) is 55.0 Å². The number of rotatable bonds is 3. The lowest BCUT2D eigenvalue weighted by Gasteiger charge is -2.36. The van der Waals surface area contributed by atoms with Gasteiger partial charge in [-0.2, -0.15) is 4.99 Å². The number of isothiocyanates is 1. The van der Waals surface area contributed by atoms with Gasteiger partial charge in [0, 0.05) is 24.8 Å². The van der Waals surface area contributed by atoms with E-state index in [9.17, 15) is 0 Å². The van der Waals surface area contributed by atoms with Crippen molar-refractivity contribution in [2.75, 3.05) is 18.0 Å². The lowest BCUT2D eigenvalue weighted by molar-refractivity contribution is -0.00539. The highest BCUT2D eigenvalue weighted by Gasteiger charge is 2.25. The number of aliphatic imine (C=N–C) groups is 1. The van der Waals surface area contributed by atoms with Crippen LogP contribution in [0.1, 0.15) is 13.8 Å². The van der Waals surface area contributed by atoms with Gasteiger partial charge in [0.1, 0.15) is 5.52 Å². The first-order valence-corrected chi connectivity index (χ1v) is 8.99. The Labute approximate surface area is 157 Å². The highest BCUT2D eigenvalue weighted by atomic mass is 32.1. The molecule has 1 aliphatic rings. The van der Waals surface area contributed by atoms with Gasteiger partial charge in [0.2, 0.25) is 0 Å². The van der Waals surface area contributed by atoms with Crippen molar-refractivity contribution in [3.05, 3.63) is 42.6 Å². The Morgan fingerprint density at radius 1 is 1.15 bits per heavy atom. The third-order valence-corrected chi connectivity index (χ3v) is 4.48. The van der Waals surface area contributed by atoms with E-state index in [2.05, 4.69) is 46.2 Å². The van der Waals surface area contributed by atoms with Crippen LogP contribution in [0.15, 0.2) is 47.6 Å². The van der Waals surface area contributed by atoms with Gasteiger partial charge < -0.3 is 9.64 Å². The quantitative estimate of drug-likeness (QED) is 0.523. The Morgan fingerprint density at radius 2 is 1.88 bits per heavy atom. The summed E-state index contributed by atoms with van der Waals surface area (Å²) in [6, 6.07) is 11.7. The maximum Gasteiger partial charge on any atom is 0.182 e. The largest absolute Gasteiger partial charge is 0.372 e. The summed E-state index contributed by atoms with van der Waals surface area (Å²) in [5.74, 6) is 1.61. The van der Waals surface area contributed by atoms with Gasteiger partial charge in [-0.3, -0.25) is 0 Å². The van der Waals surface area contributed by atoms with Crippen LogP contribution in [-0.4, -0.2) is 45.1 Å². The molecule has 2 atom stereocenters. The van der Waals surface area contributed by atoms with E-state index in [4.69, 9.17) is 9.72 Å². The second-order valence-electron chi connectivity index (χ2n) is 6.51. The molecule has 3 heterocycles. The molecule has 3 aromatic rings. The van der Waals surface area contributed by atoms with E-state index >= 15 is 0 Å². The van der Waals surface area contributed by atoms with Crippen molar-refractivity contribution >= 4 is 34.4 Å². The van der Waals surface area contributed by atoms with Crippen LogP contribution >= 0.6 is 12.2 Å². The number of thiocarbonyl (C=S) groups is 1. The first-order chi connectivity index (χ1) is 12.6. The average molecular weight is 365 g/mol. The zero-order valence-corrected chi connectivity index (χ0v) is 15.5. The molecular formula is C19H19N5OS. The fourth-order valence-corrected chi connectivity index (χ4v) is 3.47. The summed E-state index contributed by atoms with van der Waals surface area (Å²) < 4.78 is 7.75. The smallest absolute Gasteiger partial charge is 0.182 e. The van der Waals surface area contributed by atoms with Gasteiger partial charge in [0.05, 0.1) is 23.1 Å². The second-order valence-corrected chi connectivity index (χ2v) is 6.69. The molecule has 1 fully saturated rings. The highest BCUT2D eigenvalue weighted by Crippen LogP contribution is 2.27. The zero-order chi connectivity index (χ0) is 18.1. The Kier molecular flexibility index (Phi) is 4.51. The van der Waals surface area contributed by atoms with Crippen LogP contribution in [0.2, 0.25) is 0 Å². The third kappa shape index (κ3) is 3.24. The van der Waals surface area contributed by atoms with Crippen molar-refractivity contribution in [2.24, 2.45) is 4.99 Å². The van der Waals surface area contributed by atoms with Crippen molar-refractivity contribution in [1.29, 1.82) is 0 Å². The molecule has 6 nitrogen and oxygen atoms in total. The van der Waals surface area contributed by atoms with E-state index in [1.54, 1.807) is 0 Å². The summed E-state index contributed by atoms with van der Waals surface area (Å²) in [5, 5.41) is 7.03. The minimum absolute atomic E-state index is 0.166. The predicted octanol–water partition coefficient (Wildman–Crippen LogP) is 3.74. The van der Waals surface area contributed by atoms with Crippen LogP contribution < -0.4 is 4.90 Å². The molecule has 1 aromatic carbocycles. The van der Waals surface area contributed by atoms with Gasteiger partial charge in [0.25, 0.3) is 0 Å². The molecule has 4 rings (SSSR count). The number of hydrogen-bond donors (Lipinski definition) is 0. The maximum atomic E-state index is 5.87. The molecule has 2 aromatic heterocycles. The van der Waals surface area contributed by atoms with Crippen molar-refractivity contribution in [3.63, 3.8) is 0 Å².